The Bertz CT molecular complexity index is 1150. The second-order valence-electron chi connectivity index (χ2n) is 7.11. The first-order chi connectivity index (χ1) is 14.9. The highest BCUT2D eigenvalue weighted by atomic mass is 16.7. The van der Waals surface area contributed by atoms with Crippen LogP contribution in [0.2, 0.25) is 0 Å². The number of methoxy groups -OCH3 is 2. The molecule has 1 saturated heterocycles. The Balaban J connectivity index is 1.78. The molecule has 0 saturated carbocycles. The normalized spacial score (nSPS) is 26.2. The van der Waals surface area contributed by atoms with Crippen LogP contribution in [0, 0.1) is 0 Å². The highest BCUT2D eigenvalue weighted by molar-refractivity contribution is 6.08. The van der Waals surface area contributed by atoms with E-state index in [0.29, 0.717) is 27.7 Å². The van der Waals surface area contributed by atoms with E-state index < -0.39 is 42.9 Å². The van der Waals surface area contributed by atoms with E-state index >= 15 is 0 Å². The van der Waals surface area contributed by atoms with E-state index in [1.165, 1.54) is 26.4 Å². The number of aliphatic hydroxyl groups excluding tert-OH is 4. The number of fused-ring (bicyclic) bond motifs is 3. The van der Waals surface area contributed by atoms with E-state index in [-0.39, 0.29) is 11.3 Å². The van der Waals surface area contributed by atoms with Gasteiger partial charge in [0.2, 0.25) is 6.29 Å². The highest BCUT2D eigenvalue weighted by Gasteiger charge is 2.44. The molecule has 2 heterocycles. The molecule has 166 valence electrons. The maximum atomic E-state index is 12.5. The fourth-order valence-electron chi connectivity index (χ4n) is 3.63. The molecular weight excluding hydrogens is 412 g/mol. The zero-order valence-electron chi connectivity index (χ0n) is 16.7. The monoisotopic (exact) mass is 434 g/mol. The van der Waals surface area contributed by atoms with Crippen molar-refractivity contribution in [2.45, 2.75) is 30.7 Å². The zero-order chi connectivity index (χ0) is 22.3. The lowest BCUT2D eigenvalue weighted by Crippen LogP contribution is -2.60. The maximum Gasteiger partial charge on any atom is 0.344 e. The Labute approximate surface area is 175 Å². The van der Waals surface area contributed by atoms with Gasteiger partial charge in [0.15, 0.2) is 0 Å². The minimum absolute atomic E-state index is 0.115. The molecule has 0 bridgehead atoms. The van der Waals surface area contributed by atoms with Crippen molar-refractivity contribution in [2.24, 2.45) is 0 Å². The van der Waals surface area contributed by atoms with Gasteiger partial charge in [0.1, 0.15) is 47.2 Å². The predicted molar refractivity (Wildman–Crippen MR) is 107 cm³/mol. The first-order valence-electron chi connectivity index (χ1n) is 9.47. The SMILES string of the molecule is COc1ccc2c(c1)c(=O)oc1cc(O[C@@H]3O[C@H](CO)[C@@H](O)[C@H](O)[C@H]3O)cc(OC)c12. The van der Waals surface area contributed by atoms with Crippen LogP contribution in [0.25, 0.3) is 21.7 Å². The molecule has 0 aliphatic carbocycles. The van der Waals surface area contributed by atoms with Gasteiger partial charge in [-0.25, -0.2) is 4.79 Å². The molecule has 1 fully saturated rings. The van der Waals surface area contributed by atoms with Crippen molar-refractivity contribution in [2.75, 3.05) is 20.8 Å². The highest BCUT2D eigenvalue weighted by Crippen LogP contribution is 2.37. The van der Waals surface area contributed by atoms with Crippen LogP contribution >= 0.6 is 0 Å². The van der Waals surface area contributed by atoms with Crippen molar-refractivity contribution in [3.8, 4) is 17.2 Å². The number of benzene rings is 2. The first-order valence-corrected chi connectivity index (χ1v) is 9.47. The van der Waals surface area contributed by atoms with Crippen LogP contribution in [0.3, 0.4) is 0 Å². The van der Waals surface area contributed by atoms with Gasteiger partial charge in [-0.05, 0) is 18.2 Å². The Morgan fingerprint density at radius 2 is 1.71 bits per heavy atom. The molecule has 31 heavy (non-hydrogen) atoms. The Hall–Kier alpha value is -2.89. The summed E-state index contributed by atoms with van der Waals surface area (Å²) in [6, 6.07) is 7.92. The van der Waals surface area contributed by atoms with Gasteiger partial charge in [-0.1, -0.05) is 0 Å². The molecule has 4 rings (SSSR count). The van der Waals surface area contributed by atoms with Gasteiger partial charge in [-0.15, -0.1) is 0 Å². The van der Waals surface area contributed by atoms with E-state index in [1.54, 1.807) is 18.2 Å². The molecule has 10 nitrogen and oxygen atoms in total. The van der Waals surface area contributed by atoms with Crippen molar-refractivity contribution in [3.63, 3.8) is 0 Å². The summed E-state index contributed by atoms with van der Waals surface area (Å²) in [6.45, 7) is -0.587. The summed E-state index contributed by atoms with van der Waals surface area (Å²) in [6.07, 6.45) is -7.20. The van der Waals surface area contributed by atoms with Crippen LogP contribution in [0.5, 0.6) is 17.2 Å². The molecular formula is C21H22O10. The van der Waals surface area contributed by atoms with E-state index in [4.69, 9.17) is 23.4 Å². The number of hydrogen-bond donors (Lipinski definition) is 4. The van der Waals surface area contributed by atoms with Gasteiger partial charge < -0.3 is 43.8 Å². The second-order valence-corrected chi connectivity index (χ2v) is 7.11. The van der Waals surface area contributed by atoms with Crippen molar-refractivity contribution < 1.29 is 43.8 Å². The molecule has 1 aliphatic heterocycles. The van der Waals surface area contributed by atoms with E-state index in [2.05, 4.69) is 0 Å². The van der Waals surface area contributed by atoms with Crippen molar-refractivity contribution in [3.05, 3.63) is 40.8 Å². The van der Waals surface area contributed by atoms with Crippen LogP contribution in [-0.2, 0) is 4.74 Å². The molecule has 0 amide bonds. The van der Waals surface area contributed by atoms with Gasteiger partial charge >= 0.3 is 5.63 Å². The van der Waals surface area contributed by atoms with E-state index in [9.17, 15) is 25.2 Å². The first kappa shape index (κ1) is 21.3. The van der Waals surface area contributed by atoms with E-state index in [1.807, 2.05) is 0 Å². The summed E-state index contributed by atoms with van der Waals surface area (Å²) < 4.78 is 27.1. The lowest BCUT2D eigenvalue weighted by molar-refractivity contribution is -0.277. The summed E-state index contributed by atoms with van der Waals surface area (Å²) in [5.74, 6) is 0.946. The lowest BCUT2D eigenvalue weighted by Gasteiger charge is -2.39. The minimum atomic E-state index is -1.59. The second kappa shape index (κ2) is 8.33. The average molecular weight is 434 g/mol. The summed E-state index contributed by atoms with van der Waals surface area (Å²) in [5, 5.41) is 40.8. The maximum absolute atomic E-state index is 12.5. The number of aliphatic hydroxyl groups is 4. The van der Waals surface area contributed by atoms with Gasteiger partial charge in [0, 0.05) is 17.5 Å². The van der Waals surface area contributed by atoms with Crippen LogP contribution in [-0.4, -0.2) is 72.0 Å². The molecule has 4 N–H and O–H groups in total. The Morgan fingerprint density at radius 1 is 0.935 bits per heavy atom. The molecule has 5 atom stereocenters. The summed E-state index contributed by atoms with van der Waals surface area (Å²) in [7, 11) is 2.93. The fraction of sp³-hybridized carbons (Fsp3) is 0.381. The topological polar surface area (TPSA) is 148 Å². The standard InChI is InChI=1S/C21H22O10/c1-27-9-3-4-11-12(5-9)20(26)30-14-7-10(6-13(28-2)16(11)14)29-21-19(25)18(24)17(23)15(8-22)31-21/h3-7,15,17-19,21-25H,8H2,1-2H3/t15-,17-,18+,19-,21-/m1/s1. The van der Waals surface area contributed by atoms with Gasteiger partial charge in [0.05, 0.1) is 31.6 Å². The molecule has 1 aromatic heterocycles. The van der Waals surface area contributed by atoms with Crippen LogP contribution in [0.15, 0.2) is 39.5 Å². The third-order valence-electron chi connectivity index (χ3n) is 5.28. The molecule has 3 aromatic rings. The van der Waals surface area contributed by atoms with Crippen molar-refractivity contribution >= 4 is 21.7 Å². The predicted octanol–water partition coefficient (Wildman–Crippen LogP) is 0.142. The molecule has 0 unspecified atom stereocenters. The van der Waals surface area contributed by atoms with Crippen LogP contribution in [0.4, 0.5) is 0 Å². The van der Waals surface area contributed by atoms with E-state index in [0.717, 1.165) is 0 Å². The van der Waals surface area contributed by atoms with Crippen molar-refractivity contribution in [1.82, 2.24) is 0 Å². The summed E-state index contributed by atoms with van der Waals surface area (Å²) >= 11 is 0. The lowest BCUT2D eigenvalue weighted by atomic mass is 9.99. The number of rotatable bonds is 5. The fourth-order valence-corrected chi connectivity index (χ4v) is 3.63. The number of hydrogen-bond acceptors (Lipinski definition) is 10. The van der Waals surface area contributed by atoms with Crippen molar-refractivity contribution in [1.29, 1.82) is 0 Å². The van der Waals surface area contributed by atoms with Crippen LogP contribution < -0.4 is 19.8 Å². The molecule has 10 heteroatoms. The largest absolute Gasteiger partial charge is 0.497 e. The average Bonchev–Trinajstić information content (AvgIpc) is 2.78. The number of ether oxygens (including phenoxy) is 4. The third kappa shape index (κ3) is 3.68. The Morgan fingerprint density at radius 3 is 2.39 bits per heavy atom. The van der Waals surface area contributed by atoms with Gasteiger partial charge in [-0.2, -0.15) is 0 Å². The quantitative estimate of drug-likeness (QED) is 0.323. The molecule has 2 aromatic carbocycles. The minimum Gasteiger partial charge on any atom is -0.497 e. The smallest absolute Gasteiger partial charge is 0.344 e. The van der Waals surface area contributed by atoms with Crippen LogP contribution in [0.1, 0.15) is 0 Å². The van der Waals surface area contributed by atoms with Gasteiger partial charge in [-0.3, -0.25) is 0 Å². The third-order valence-corrected chi connectivity index (χ3v) is 5.28. The molecule has 0 radical (unpaired) electrons. The van der Waals surface area contributed by atoms with Gasteiger partial charge in [0.25, 0.3) is 0 Å². The summed E-state index contributed by atoms with van der Waals surface area (Å²) in [5.41, 5.74) is -0.421. The molecule has 0 spiro atoms. The Kier molecular flexibility index (Phi) is 5.73. The zero-order valence-corrected chi connectivity index (χ0v) is 16.7. The summed E-state index contributed by atoms with van der Waals surface area (Å²) in [4.78, 5) is 12.5. The molecule has 1 aliphatic rings.